The number of sulfone groups is 2. The highest BCUT2D eigenvalue weighted by Crippen LogP contribution is 2.53. The van der Waals surface area contributed by atoms with Crippen molar-refractivity contribution in [1.29, 1.82) is 0 Å². The van der Waals surface area contributed by atoms with Crippen LogP contribution < -0.4 is 4.74 Å². The van der Waals surface area contributed by atoms with E-state index in [4.69, 9.17) is 4.74 Å². The summed E-state index contributed by atoms with van der Waals surface area (Å²) >= 11 is 0. The van der Waals surface area contributed by atoms with E-state index < -0.39 is 48.1 Å². The summed E-state index contributed by atoms with van der Waals surface area (Å²) in [5.41, 5.74) is 1.23. The van der Waals surface area contributed by atoms with Crippen molar-refractivity contribution in [3.8, 4) is 11.5 Å². The summed E-state index contributed by atoms with van der Waals surface area (Å²) < 4.78 is 85.0. The number of carbonyl (C=O) groups is 1. The summed E-state index contributed by atoms with van der Waals surface area (Å²) in [6.45, 7) is 0.186. The number of benzene rings is 2. The quantitative estimate of drug-likeness (QED) is 0.318. The molecule has 0 saturated carbocycles. The second-order valence-corrected chi connectivity index (χ2v) is 15.3. The van der Waals surface area contributed by atoms with Gasteiger partial charge in [-0.3, -0.25) is 4.79 Å². The number of rotatable bonds is 5. The zero-order valence-corrected chi connectivity index (χ0v) is 23.6. The molecule has 12 heteroatoms. The minimum Gasteiger partial charge on any atom is -0.453 e. The fourth-order valence-corrected chi connectivity index (χ4v) is 10.5. The van der Waals surface area contributed by atoms with E-state index in [1.54, 1.807) is 23.1 Å². The smallest absolute Gasteiger partial charge is 0.255 e. The summed E-state index contributed by atoms with van der Waals surface area (Å²) in [6.07, 6.45) is 2.64. The van der Waals surface area contributed by atoms with Crippen molar-refractivity contribution in [2.24, 2.45) is 5.92 Å². The number of nitrogens with zero attached hydrogens (tertiary/aromatic N) is 2. The Kier molecular flexibility index (Phi) is 6.88. The van der Waals surface area contributed by atoms with Gasteiger partial charge >= 0.3 is 0 Å². The van der Waals surface area contributed by atoms with Crippen LogP contribution in [0.15, 0.2) is 65.7 Å². The number of ether oxygens (including phenoxy) is 1. The van der Waals surface area contributed by atoms with Crippen molar-refractivity contribution >= 4 is 25.6 Å². The first kappa shape index (κ1) is 27.8. The Balaban J connectivity index is 1.41. The van der Waals surface area contributed by atoms with Gasteiger partial charge in [-0.1, -0.05) is 6.07 Å². The lowest BCUT2D eigenvalue weighted by Gasteiger charge is -2.43. The number of carbonyl (C=O) groups excluding carboxylic acids is 1. The fraction of sp³-hybridized carbons (Fsp3) is 0.379. The molecule has 2 fully saturated rings. The minimum atomic E-state index is -4.15. The van der Waals surface area contributed by atoms with Crippen LogP contribution in [0, 0.1) is 17.7 Å². The van der Waals surface area contributed by atoms with Crippen LogP contribution in [0.3, 0.4) is 0 Å². The molecule has 0 N–H and O–H groups in total. The molecule has 8 nitrogen and oxygen atoms in total. The Bertz CT molecular complexity index is 1720. The highest BCUT2D eigenvalue weighted by molar-refractivity contribution is 7.92. The van der Waals surface area contributed by atoms with Gasteiger partial charge in [0.05, 0.1) is 22.4 Å². The van der Waals surface area contributed by atoms with Crippen LogP contribution in [0.5, 0.6) is 11.5 Å². The SMILES string of the molecule is O=C(C1CCS(=O)(=O)CC1)N1CC[C@@]2(S(=O)(=O)c3ccc(F)cc3)c3ccc(Oc4cccnc4F)cc3CC[C@@H]12. The fourth-order valence-electron chi connectivity index (χ4n) is 6.60. The molecule has 1 aromatic heterocycles. The highest BCUT2D eigenvalue weighted by Gasteiger charge is 2.61. The summed E-state index contributed by atoms with van der Waals surface area (Å²) in [6, 6.07) is 11.9. The van der Waals surface area contributed by atoms with Gasteiger partial charge in [-0.25, -0.2) is 26.2 Å². The Labute approximate surface area is 237 Å². The summed E-state index contributed by atoms with van der Waals surface area (Å²) in [7, 11) is -7.33. The maximum Gasteiger partial charge on any atom is 0.255 e. The first-order chi connectivity index (χ1) is 19.5. The third-order valence-electron chi connectivity index (χ3n) is 8.60. The summed E-state index contributed by atoms with van der Waals surface area (Å²) in [5.74, 6) is -1.94. The number of aromatic nitrogens is 1. The van der Waals surface area contributed by atoms with E-state index >= 15 is 0 Å². The molecule has 3 aliphatic rings. The van der Waals surface area contributed by atoms with E-state index in [0.717, 1.165) is 12.1 Å². The molecule has 41 heavy (non-hydrogen) atoms. The average molecular weight is 603 g/mol. The van der Waals surface area contributed by atoms with E-state index in [1.165, 1.54) is 30.5 Å². The van der Waals surface area contributed by atoms with Gasteiger partial charge in [-0.15, -0.1) is 0 Å². The number of likely N-dealkylation sites (tertiary alicyclic amines) is 1. The monoisotopic (exact) mass is 602 g/mol. The minimum absolute atomic E-state index is 0.0485. The molecule has 0 unspecified atom stereocenters. The second kappa shape index (κ2) is 10.2. The van der Waals surface area contributed by atoms with E-state index in [1.807, 2.05) is 0 Å². The summed E-state index contributed by atoms with van der Waals surface area (Å²) in [4.78, 5) is 18.9. The maximum absolute atomic E-state index is 14.5. The van der Waals surface area contributed by atoms with E-state index in [2.05, 4.69) is 4.98 Å². The number of aryl methyl sites for hydroxylation is 1. The van der Waals surface area contributed by atoms with E-state index in [9.17, 15) is 30.4 Å². The normalized spacial score (nSPS) is 24.0. The molecule has 2 aromatic carbocycles. The lowest BCUT2D eigenvalue weighted by Crippen LogP contribution is -2.53. The molecule has 1 amide bonds. The van der Waals surface area contributed by atoms with Gasteiger partial charge in [-0.2, -0.15) is 4.39 Å². The van der Waals surface area contributed by atoms with Gasteiger partial charge in [0.2, 0.25) is 5.91 Å². The lowest BCUT2D eigenvalue weighted by molar-refractivity contribution is -0.137. The molecule has 2 aliphatic heterocycles. The zero-order chi connectivity index (χ0) is 29.0. The molecular weight excluding hydrogens is 574 g/mol. The molecule has 0 bridgehead atoms. The first-order valence-electron chi connectivity index (χ1n) is 13.4. The van der Waals surface area contributed by atoms with Crippen molar-refractivity contribution in [3.05, 3.63) is 83.7 Å². The van der Waals surface area contributed by atoms with Crippen LogP contribution in [-0.4, -0.2) is 56.7 Å². The molecule has 2 atom stereocenters. The predicted molar refractivity (Wildman–Crippen MR) is 146 cm³/mol. The van der Waals surface area contributed by atoms with Crippen LogP contribution in [-0.2, 0) is 35.6 Å². The largest absolute Gasteiger partial charge is 0.453 e. The maximum atomic E-state index is 14.5. The zero-order valence-electron chi connectivity index (χ0n) is 22.0. The number of hydrogen-bond acceptors (Lipinski definition) is 7. The van der Waals surface area contributed by atoms with Gasteiger partial charge in [0, 0.05) is 18.7 Å². The van der Waals surface area contributed by atoms with Gasteiger partial charge in [0.15, 0.2) is 15.6 Å². The number of amides is 1. The Morgan fingerprint density at radius 3 is 2.46 bits per heavy atom. The average Bonchev–Trinajstić information content (AvgIpc) is 3.36. The third kappa shape index (κ3) is 4.70. The van der Waals surface area contributed by atoms with Crippen molar-refractivity contribution in [2.45, 2.75) is 47.8 Å². The van der Waals surface area contributed by atoms with Gasteiger partial charge < -0.3 is 9.64 Å². The third-order valence-corrected chi connectivity index (χ3v) is 12.9. The predicted octanol–water partition coefficient (Wildman–Crippen LogP) is 4.19. The second-order valence-electron chi connectivity index (χ2n) is 10.8. The highest BCUT2D eigenvalue weighted by atomic mass is 32.2. The number of hydrogen-bond donors (Lipinski definition) is 0. The van der Waals surface area contributed by atoms with Crippen LogP contribution in [0.4, 0.5) is 8.78 Å². The molecule has 0 spiro atoms. The van der Waals surface area contributed by atoms with Crippen molar-refractivity contribution < 1.29 is 35.1 Å². The molecule has 6 rings (SSSR count). The Hall–Kier alpha value is -3.38. The molecular formula is C29H28F2N2O6S2. The van der Waals surface area contributed by atoms with E-state index in [-0.39, 0.29) is 53.9 Å². The number of fused-ring (bicyclic) bond motifs is 3. The Morgan fingerprint density at radius 2 is 1.76 bits per heavy atom. The Morgan fingerprint density at radius 1 is 1.02 bits per heavy atom. The number of pyridine rings is 1. The van der Waals surface area contributed by atoms with Gasteiger partial charge in [0.1, 0.15) is 26.2 Å². The standard InChI is InChI=1S/C29H28F2N2O6S2/c30-21-4-7-23(8-5-21)41(37,38)29-13-15-33(28(34)19-11-16-40(35,36)17-12-19)26(29)10-3-20-18-22(6-9-24(20)29)39-25-2-1-14-32-27(25)31/h1-2,4-9,14,18-19,26H,3,10-13,15-17H2/t26-,29-/m1/s1. The van der Waals surface area contributed by atoms with Crippen molar-refractivity contribution in [1.82, 2.24) is 9.88 Å². The molecule has 1 aliphatic carbocycles. The molecule has 0 radical (unpaired) electrons. The van der Waals surface area contributed by atoms with Gasteiger partial charge in [-0.05, 0) is 91.8 Å². The first-order valence-corrected chi connectivity index (χ1v) is 16.8. The molecule has 3 heterocycles. The van der Waals surface area contributed by atoms with Crippen molar-refractivity contribution in [3.63, 3.8) is 0 Å². The van der Waals surface area contributed by atoms with E-state index in [0.29, 0.717) is 29.7 Å². The molecule has 2 saturated heterocycles. The van der Waals surface area contributed by atoms with Crippen LogP contribution in [0.2, 0.25) is 0 Å². The topological polar surface area (TPSA) is 111 Å². The van der Waals surface area contributed by atoms with Crippen LogP contribution in [0.1, 0.15) is 36.8 Å². The molecule has 3 aromatic rings. The number of halogens is 2. The summed E-state index contributed by atoms with van der Waals surface area (Å²) in [5, 5.41) is 0. The van der Waals surface area contributed by atoms with Crippen LogP contribution in [0.25, 0.3) is 0 Å². The van der Waals surface area contributed by atoms with Gasteiger partial charge in [0.25, 0.3) is 5.95 Å². The van der Waals surface area contributed by atoms with Crippen molar-refractivity contribution in [2.75, 3.05) is 18.1 Å². The van der Waals surface area contributed by atoms with Crippen LogP contribution >= 0.6 is 0 Å². The lowest BCUT2D eigenvalue weighted by atomic mass is 9.78. The molecule has 216 valence electrons.